The van der Waals surface area contributed by atoms with E-state index in [9.17, 15) is 13.2 Å². The second-order valence-electron chi connectivity index (χ2n) is 0.648. The molecule has 0 aromatic carbocycles. The zero-order valence-electron chi connectivity index (χ0n) is 4.33. The molecule has 0 aliphatic rings. The highest BCUT2D eigenvalue weighted by molar-refractivity contribution is 4.78. The fourth-order valence-electron chi connectivity index (χ4n) is 0.0583. The Morgan fingerprint density at radius 2 is 1.75 bits per heavy atom. The van der Waals surface area contributed by atoms with E-state index in [-0.39, 0.29) is 6.08 Å². The van der Waals surface area contributed by atoms with Crippen LogP contribution in [-0.4, -0.2) is 6.67 Å². The monoisotopic (exact) mass is 124 g/mol. The van der Waals surface area contributed by atoms with Gasteiger partial charge in [-0.1, -0.05) is 0 Å². The van der Waals surface area contributed by atoms with Crippen LogP contribution in [-0.2, 0) is 0 Å². The van der Waals surface area contributed by atoms with Crippen molar-refractivity contribution in [2.24, 2.45) is 0 Å². The highest BCUT2D eigenvalue weighted by Crippen LogP contribution is 1.93. The normalized spacial score (nSPS) is 6.38. The molecule has 0 amide bonds. The van der Waals surface area contributed by atoms with Gasteiger partial charge in [-0.25, -0.2) is 4.39 Å². The van der Waals surface area contributed by atoms with E-state index in [2.05, 4.69) is 13.2 Å². The lowest BCUT2D eigenvalue weighted by Crippen LogP contribution is -1.60. The van der Waals surface area contributed by atoms with Gasteiger partial charge in [-0.15, -0.1) is 13.2 Å². The molecule has 0 saturated carbocycles. The van der Waals surface area contributed by atoms with Gasteiger partial charge in [-0.3, -0.25) is 0 Å². The van der Waals surface area contributed by atoms with E-state index < -0.39 is 12.8 Å². The van der Waals surface area contributed by atoms with Crippen LogP contribution in [0.1, 0.15) is 0 Å². The lowest BCUT2D eigenvalue weighted by molar-refractivity contribution is 0.409. The van der Waals surface area contributed by atoms with Crippen LogP contribution < -0.4 is 0 Å². The van der Waals surface area contributed by atoms with Crippen LogP contribution in [0.15, 0.2) is 25.3 Å². The quantitative estimate of drug-likeness (QED) is 0.471. The Balaban J connectivity index is 0. The van der Waals surface area contributed by atoms with Gasteiger partial charge >= 0.3 is 0 Å². The summed E-state index contributed by atoms with van der Waals surface area (Å²) in [5, 5.41) is 0. The maximum atomic E-state index is 10.7. The molecule has 0 N–H and O–H groups in total. The molecule has 0 aromatic heterocycles. The zero-order chi connectivity index (χ0) is 6.99. The van der Waals surface area contributed by atoms with Crippen molar-refractivity contribution in [3.63, 3.8) is 0 Å². The molecule has 0 rings (SSSR count). The minimum Gasteiger partial charge on any atom is -0.246 e. The first kappa shape index (κ1) is 10.3. The number of halogens is 3. The lowest BCUT2D eigenvalue weighted by Gasteiger charge is -1.68. The van der Waals surface area contributed by atoms with Crippen molar-refractivity contribution in [2.75, 3.05) is 6.67 Å². The zero-order valence-corrected chi connectivity index (χ0v) is 4.33. The second-order valence-corrected chi connectivity index (χ2v) is 0.648. The Bertz CT molecular complexity index is 64.1. The summed E-state index contributed by atoms with van der Waals surface area (Å²) >= 11 is 0. The van der Waals surface area contributed by atoms with Crippen molar-refractivity contribution in [1.82, 2.24) is 0 Å². The van der Waals surface area contributed by atoms with Gasteiger partial charge in [0.2, 0.25) is 0 Å². The molecule has 0 nitrogen and oxygen atoms in total. The molecule has 0 bridgehead atoms. The molecular weight excluding hydrogens is 117 g/mol. The van der Waals surface area contributed by atoms with Crippen LogP contribution in [0.4, 0.5) is 13.2 Å². The van der Waals surface area contributed by atoms with Gasteiger partial charge in [0, 0.05) is 6.08 Å². The third kappa shape index (κ3) is 18.6. The Morgan fingerprint density at radius 1 is 1.38 bits per heavy atom. The van der Waals surface area contributed by atoms with Crippen molar-refractivity contribution in [3.8, 4) is 0 Å². The van der Waals surface area contributed by atoms with Crippen LogP contribution in [0, 0.1) is 0 Å². The van der Waals surface area contributed by atoms with Crippen molar-refractivity contribution in [3.05, 3.63) is 25.3 Å². The van der Waals surface area contributed by atoms with Gasteiger partial charge < -0.3 is 0 Å². The predicted octanol–water partition coefficient (Wildman–Crippen LogP) is 2.54. The van der Waals surface area contributed by atoms with Gasteiger partial charge in [0.15, 0.2) is 0 Å². The molecule has 0 aliphatic heterocycles. The Labute approximate surface area is 46.3 Å². The molecule has 0 spiro atoms. The van der Waals surface area contributed by atoms with Crippen LogP contribution in [0.2, 0.25) is 0 Å². The Kier molecular flexibility index (Phi) is 12.3. The maximum Gasteiger partial charge on any atom is 0.268 e. The third-order valence-corrected chi connectivity index (χ3v) is 0.231. The number of hydrogen-bond donors (Lipinski definition) is 0. The SMILES string of the molecule is C=C.FCC=C(F)F. The van der Waals surface area contributed by atoms with Gasteiger partial charge in [-0.2, -0.15) is 8.78 Å². The molecule has 48 valence electrons. The van der Waals surface area contributed by atoms with E-state index in [1.165, 1.54) is 0 Å². The highest BCUT2D eigenvalue weighted by Gasteiger charge is 1.80. The minimum absolute atomic E-state index is 0.208. The van der Waals surface area contributed by atoms with Crippen molar-refractivity contribution in [2.45, 2.75) is 0 Å². The third-order valence-electron chi connectivity index (χ3n) is 0.231. The average Bonchev–Trinajstić information content (AvgIpc) is 1.72. The summed E-state index contributed by atoms with van der Waals surface area (Å²) < 4.78 is 32.0. The molecule has 0 saturated heterocycles. The predicted molar refractivity (Wildman–Crippen MR) is 27.5 cm³/mol. The van der Waals surface area contributed by atoms with E-state index in [0.29, 0.717) is 0 Å². The maximum absolute atomic E-state index is 10.7. The highest BCUT2D eigenvalue weighted by atomic mass is 19.3. The van der Waals surface area contributed by atoms with E-state index in [1.54, 1.807) is 0 Å². The summed E-state index contributed by atoms with van der Waals surface area (Å²) in [6.45, 7) is 4.92. The number of alkyl halides is 1. The first-order valence-electron chi connectivity index (χ1n) is 1.84. The lowest BCUT2D eigenvalue weighted by atomic mass is 10.7. The Morgan fingerprint density at radius 3 is 1.75 bits per heavy atom. The van der Waals surface area contributed by atoms with Crippen LogP contribution in [0.25, 0.3) is 0 Å². The van der Waals surface area contributed by atoms with E-state index >= 15 is 0 Å². The molecule has 0 aliphatic carbocycles. The molecule has 0 radical (unpaired) electrons. The second kappa shape index (κ2) is 9.55. The molecule has 0 atom stereocenters. The first-order valence-corrected chi connectivity index (χ1v) is 1.84. The van der Waals surface area contributed by atoms with E-state index in [4.69, 9.17) is 0 Å². The fourth-order valence-corrected chi connectivity index (χ4v) is 0.0583. The van der Waals surface area contributed by atoms with Crippen LogP contribution in [0.5, 0.6) is 0 Å². The fraction of sp³-hybridized carbons (Fsp3) is 0.200. The van der Waals surface area contributed by atoms with E-state index in [0.717, 1.165) is 0 Å². The molecular formula is C5H7F3. The molecule has 0 heterocycles. The number of hydrogen-bond acceptors (Lipinski definition) is 0. The standard InChI is InChI=1S/C3H3F3.C2H4/c4-2-1-3(5)6;1-2/h1H,2H2;1-2H2. The Hall–Kier alpha value is -0.730. The summed E-state index contributed by atoms with van der Waals surface area (Å²) in [6, 6.07) is 0. The molecule has 0 fully saturated rings. The molecule has 3 heteroatoms. The van der Waals surface area contributed by atoms with Crippen molar-refractivity contribution in [1.29, 1.82) is 0 Å². The summed E-state index contributed by atoms with van der Waals surface area (Å²) in [4.78, 5) is 0. The molecule has 0 aromatic rings. The summed E-state index contributed by atoms with van der Waals surface area (Å²) in [6.07, 6.45) is -1.75. The largest absolute Gasteiger partial charge is 0.268 e. The number of rotatable bonds is 1. The summed E-state index contributed by atoms with van der Waals surface area (Å²) in [7, 11) is 0. The van der Waals surface area contributed by atoms with Gasteiger partial charge in [0.05, 0.1) is 0 Å². The smallest absolute Gasteiger partial charge is 0.246 e. The van der Waals surface area contributed by atoms with Gasteiger partial charge in [0.1, 0.15) is 6.67 Å². The van der Waals surface area contributed by atoms with Gasteiger partial charge in [-0.05, 0) is 0 Å². The van der Waals surface area contributed by atoms with Crippen LogP contribution in [0.3, 0.4) is 0 Å². The minimum atomic E-state index is -1.96. The first-order chi connectivity index (χ1) is 3.77. The summed E-state index contributed by atoms with van der Waals surface area (Å²) in [5.74, 6) is 0. The number of allylic oxidation sites excluding steroid dienone is 1. The average molecular weight is 124 g/mol. The van der Waals surface area contributed by atoms with Crippen molar-refractivity contribution < 1.29 is 13.2 Å². The topological polar surface area (TPSA) is 0 Å². The van der Waals surface area contributed by atoms with Crippen LogP contribution >= 0.6 is 0 Å². The molecule has 8 heavy (non-hydrogen) atoms. The molecule has 0 unspecified atom stereocenters. The van der Waals surface area contributed by atoms with E-state index in [1.807, 2.05) is 0 Å². The van der Waals surface area contributed by atoms with Gasteiger partial charge in [0.25, 0.3) is 6.08 Å². The summed E-state index contributed by atoms with van der Waals surface area (Å²) in [5.41, 5.74) is 0. The van der Waals surface area contributed by atoms with Crippen molar-refractivity contribution >= 4 is 0 Å².